The molecule has 1 unspecified atom stereocenters. The summed E-state index contributed by atoms with van der Waals surface area (Å²) < 4.78 is 40.5. The van der Waals surface area contributed by atoms with E-state index in [4.69, 9.17) is 38.9 Å². The fourth-order valence-electron chi connectivity index (χ4n) is 4.33. The third-order valence-corrected chi connectivity index (χ3v) is 5.59. The molecule has 0 saturated carbocycles. The first kappa shape index (κ1) is 23.8. The fourth-order valence-corrected chi connectivity index (χ4v) is 4.33. The Hall–Kier alpha value is -0.890. The number of carbonyl (C=O) groups is 1. The van der Waals surface area contributed by atoms with Gasteiger partial charge in [-0.05, 0) is 34.9 Å². The van der Waals surface area contributed by atoms with E-state index in [0.717, 1.165) is 0 Å². The standard InChI is InChI=1S/C19H34N2O9/c1-8-12(10(21(5)6)13-18(25-8)30-19(3,4)29-13)27-17-15(26-9(2)22)11(23)14(24-7)16(20)28-17/h8,10-18,23H,20H2,1-7H3/t8-,10+,11+,12-,13-,14+,15-,16+,17?,18+/m1/s1. The summed E-state index contributed by atoms with van der Waals surface area (Å²) in [4.78, 5) is 13.6. The van der Waals surface area contributed by atoms with Gasteiger partial charge >= 0.3 is 5.97 Å². The Morgan fingerprint density at radius 2 is 1.80 bits per heavy atom. The zero-order valence-corrected chi connectivity index (χ0v) is 18.5. The van der Waals surface area contributed by atoms with Gasteiger partial charge in [-0.15, -0.1) is 0 Å². The summed E-state index contributed by atoms with van der Waals surface area (Å²) in [5.41, 5.74) is 6.00. The van der Waals surface area contributed by atoms with Crippen LogP contribution in [-0.2, 0) is 38.0 Å². The summed E-state index contributed by atoms with van der Waals surface area (Å²) in [5, 5.41) is 10.7. The number of fused-ring (bicyclic) bond motifs is 1. The maximum Gasteiger partial charge on any atom is 0.303 e. The second-order valence-corrected chi connectivity index (χ2v) is 8.60. The molecule has 0 spiro atoms. The van der Waals surface area contributed by atoms with E-state index in [1.807, 2.05) is 39.8 Å². The normalized spacial score (nSPS) is 45.9. The number of ether oxygens (including phenoxy) is 7. The van der Waals surface area contributed by atoms with Crippen molar-refractivity contribution in [3.05, 3.63) is 0 Å². The number of hydrogen-bond donors (Lipinski definition) is 2. The quantitative estimate of drug-likeness (QED) is 0.524. The van der Waals surface area contributed by atoms with Gasteiger partial charge in [0.25, 0.3) is 0 Å². The number of methoxy groups -OCH3 is 1. The number of nitrogens with zero attached hydrogens (tertiary/aromatic N) is 1. The lowest BCUT2D eigenvalue weighted by Crippen LogP contribution is -2.66. The number of esters is 1. The molecule has 0 aromatic heterocycles. The van der Waals surface area contributed by atoms with E-state index in [1.54, 1.807) is 0 Å². The molecule has 0 radical (unpaired) electrons. The highest BCUT2D eigenvalue weighted by molar-refractivity contribution is 5.66. The second-order valence-electron chi connectivity index (χ2n) is 8.60. The number of aliphatic hydroxyl groups excluding tert-OH is 1. The highest BCUT2D eigenvalue weighted by atomic mass is 16.8. The van der Waals surface area contributed by atoms with Crippen LogP contribution in [0.15, 0.2) is 0 Å². The van der Waals surface area contributed by atoms with E-state index >= 15 is 0 Å². The summed E-state index contributed by atoms with van der Waals surface area (Å²) in [6.07, 6.45) is -7.28. The van der Waals surface area contributed by atoms with Gasteiger partial charge in [-0.2, -0.15) is 0 Å². The lowest BCUT2D eigenvalue weighted by Gasteiger charge is -2.48. The highest BCUT2D eigenvalue weighted by Gasteiger charge is 2.57. The van der Waals surface area contributed by atoms with Crippen LogP contribution in [0.3, 0.4) is 0 Å². The Kier molecular flexibility index (Phi) is 7.07. The van der Waals surface area contributed by atoms with E-state index < -0.39 is 67.2 Å². The van der Waals surface area contributed by atoms with E-state index in [9.17, 15) is 9.90 Å². The van der Waals surface area contributed by atoms with Gasteiger partial charge in [0, 0.05) is 14.0 Å². The Balaban J connectivity index is 1.84. The summed E-state index contributed by atoms with van der Waals surface area (Å²) in [5.74, 6) is -1.39. The van der Waals surface area contributed by atoms with Crippen LogP contribution in [0.2, 0.25) is 0 Å². The zero-order chi connectivity index (χ0) is 22.4. The zero-order valence-electron chi connectivity index (χ0n) is 18.5. The predicted octanol–water partition coefficient (Wildman–Crippen LogP) is -0.853. The molecular formula is C19H34N2O9. The lowest BCUT2D eigenvalue weighted by molar-refractivity contribution is -0.337. The molecule has 10 atom stereocenters. The Morgan fingerprint density at radius 1 is 1.13 bits per heavy atom. The number of nitrogens with two attached hydrogens (primary N) is 1. The average Bonchev–Trinajstić information content (AvgIpc) is 2.91. The van der Waals surface area contributed by atoms with Crippen LogP contribution in [0, 0.1) is 0 Å². The van der Waals surface area contributed by atoms with E-state index in [2.05, 4.69) is 0 Å². The second kappa shape index (κ2) is 8.93. The minimum atomic E-state index is -1.23. The van der Waals surface area contributed by atoms with Crippen molar-refractivity contribution in [2.24, 2.45) is 5.73 Å². The largest absolute Gasteiger partial charge is 0.454 e. The average molecular weight is 434 g/mol. The van der Waals surface area contributed by atoms with Crippen LogP contribution < -0.4 is 5.73 Å². The van der Waals surface area contributed by atoms with Crippen molar-refractivity contribution in [2.75, 3.05) is 21.2 Å². The SMILES string of the molecule is CO[C@H]1[C@H](O)[C@@H](OC(C)=O)C(O[C@H]2[C@H](N(C)C)[C@H]3OC(C)(C)O[C@@H]3O[C@@H]2C)O[C@@H]1N. The molecule has 3 fully saturated rings. The highest BCUT2D eigenvalue weighted by Crippen LogP contribution is 2.39. The minimum absolute atomic E-state index is 0.268. The maximum absolute atomic E-state index is 11.6. The minimum Gasteiger partial charge on any atom is -0.454 e. The summed E-state index contributed by atoms with van der Waals surface area (Å²) in [6.45, 7) is 6.74. The fraction of sp³-hybridized carbons (Fsp3) is 0.947. The monoisotopic (exact) mass is 434 g/mol. The molecule has 11 heteroatoms. The number of aliphatic hydroxyl groups is 1. The molecule has 3 rings (SSSR count). The van der Waals surface area contributed by atoms with Gasteiger partial charge in [0.05, 0.1) is 12.1 Å². The van der Waals surface area contributed by atoms with Crippen LogP contribution in [0.25, 0.3) is 0 Å². The lowest BCUT2D eigenvalue weighted by atomic mass is 9.95. The van der Waals surface area contributed by atoms with Gasteiger partial charge in [-0.1, -0.05) is 0 Å². The number of hydrogen-bond acceptors (Lipinski definition) is 11. The van der Waals surface area contributed by atoms with E-state index in [0.29, 0.717) is 0 Å². The van der Waals surface area contributed by atoms with Crippen LogP contribution in [0.1, 0.15) is 27.7 Å². The van der Waals surface area contributed by atoms with Gasteiger partial charge in [0.1, 0.15) is 30.6 Å². The van der Waals surface area contributed by atoms with Crippen LogP contribution in [-0.4, -0.2) is 104 Å². The molecule has 174 valence electrons. The third-order valence-electron chi connectivity index (χ3n) is 5.59. The van der Waals surface area contributed by atoms with Crippen molar-refractivity contribution in [3.63, 3.8) is 0 Å². The molecule has 0 aromatic rings. The Bertz CT molecular complexity index is 619. The summed E-state index contributed by atoms with van der Waals surface area (Å²) >= 11 is 0. The van der Waals surface area contributed by atoms with Gasteiger partial charge in [0.15, 0.2) is 24.5 Å². The first-order valence-corrected chi connectivity index (χ1v) is 10.1. The molecule has 0 bridgehead atoms. The van der Waals surface area contributed by atoms with E-state index in [-0.39, 0.29) is 6.04 Å². The third kappa shape index (κ3) is 4.64. The molecular weight excluding hydrogens is 400 g/mol. The molecule has 3 heterocycles. The molecule has 3 saturated heterocycles. The number of rotatable bonds is 5. The molecule has 0 aliphatic carbocycles. The van der Waals surface area contributed by atoms with Gasteiger partial charge in [0.2, 0.25) is 0 Å². The first-order chi connectivity index (χ1) is 13.9. The molecule has 3 aliphatic rings. The van der Waals surface area contributed by atoms with Crippen molar-refractivity contribution in [2.45, 2.75) is 95.0 Å². The maximum atomic E-state index is 11.6. The van der Waals surface area contributed by atoms with Crippen molar-refractivity contribution < 1.29 is 43.1 Å². The van der Waals surface area contributed by atoms with Crippen LogP contribution >= 0.6 is 0 Å². The Labute approximate surface area is 176 Å². The smallest absolute Gasteiger partial charge is 0.303 e. The summed E-state index contributed by atoms with van der Waals surface area (Å²) in [6, 6.07) is -0.268. The van der Waals surface area contributed by atoms with Crippen molar-refractivity contribution in [3.8, 4) is 0 Å². The predicted molar refractivity (Wildman–Crippen MR) is 102 cm³/mol. The summed E-state index contributed by atoms with van der Waals surface area (Å²) in [7, 11) is 5.19. The van der Waals surface area contributed by atoms with E-state index in [1.165, 1.54) is 14.0 Å². The van der Waals surface area contributed by atoms with Crippen LogP contribution in [0.4, 0.5) is 0 Å². The van der Waals surface area contributed by atoms with Gasteiger partial charge in [-0.3, -0.25) is 4.79 Å². The van der Waals surface area contributed by atoms with Gasteiger partial charge < -0.3 is 48.9 Å². The number of carbonyl (C=O) groups excluding carboxylic acids is 1. The Morgan fingerprint density at radius 3 is 2.37 bits per heavy atom. The molecule has 30 heavy (non-hydrogen) atoms. The molecule has 3 aliphatic heterocycles. The topological polar surface area (TPSA) is 131 Å². The van der Waals surface area contributed by atoms with Crippen molar-refractivity contribution >= 4 is 5.97 Å². The number of likely N-dealkylation sites (N-methyl/N-ethyl adjacent to an activating group) is 1. The molecule has 3 N–H and O–H groups in total. The van der Waals surface area contributed by atoms with Crippen LogP contribution in [0.5, 0.6) is 0 Å². The molecule has 0 aromatic carbocycles. The van der Waals surface area contributed by atoms with Crippen molar-refractivity contribution in [1.82, 2.24) is 4.90 Å². The first-order valence-electron chi connectivity index (χ1n) is 10.1. The van der Waals surface area contributed by atoms with Gasteiger partial charge in [-0.25, -0.2) is 0 Å². The van der Waals surface area contributed by atoms with Crippen molar-refractivity contribution in [1.29, 1.82) is 0 Å². The molecule has 0 amide bonds. The molecule has 11 nitrogen and oxygen atoms in total.